The molecule has 0 unspecified atom stereocenters. The molecule has 1 aromatic heterocycles. The van der Waals surface area contributed by atoms with Gasteiger partial charge in [0.05, 0.1) is 17.8 Å². The zero-order valence-corrected chi connectivity index (χ0v) is 23.3. The molecular formula is C27H33BrF9NO2. The van der Waals surface area contributed by atoms with E-state index in [2.05, 4.69) is 15.9 Å². The van der Waals surface area contributed by atoms with E-state index in [0.29, 0.717) is 4.73 Å². The molecule has 13 heteroatoms. The number of hydrogen-bond acceptors (Lipinski definition) is 2. The first kappa shape index (κ1) is 31.5. The van der Waals surface area contributed by atoms with Crippen molar-refractivity contribution in [2.45, 2.75) is 101 Å². The van der Waals surface area contributed by atoms with E-state index >= 15 is 0 Å². The van der Waals surface area contributed by atoms with Gasteiger partial charge in [-0.05, 0) is 111 Å². The molecule has 3 fully saturated rings. The minimum Gasteiger partial charge on any atom is -0.619 e. The molecule has 228 valence electrons. The number of alkyl halides is 9. The third kappa shape index (κ3) is 6.80. The minimum atomic E-state index is -4.38. The number of halogens is 10. The Morgan fingerprint density at radius 3 is 1.18 bits per heavy atom. The highest BCUT2D eigenvalue weighted by atomic mass is 79.9. The standard InChI is InChI=1S/C27H33BrF9NO2/c28-22-15-38(39)14-13-23(22)40-24(16-1-7-19(8-2-16)25(29,30)31,17-3-9-20(10-4-17)26(32,33)34)18-5-11-21(12-6-18)27(35,36)37/h13-21H,1-12H2. The molecule has 4 rings (SSSR count). The SMILES string of the molecule is [O-][n+]1ccc(OC(C2CCC(C(F)(F)F)CC2)(C2CCC(C(F)(F)F)CC2)C2CCC(C(F)(F)F)CC2)c(Br)c1. The second-order valence-electron chi connectivity index (χ2n) is 11.7. The first-order valence-corrected chi connectivity index (χ1v) is 14.6. The molecule has 0 bridgehead atoms. The van der Waals surface area contributed by atoms with Crippen molar-refractivity contribution in [3.05, 3.63) is 28.1 Å². The van der Waals surface area contributed by atoms with Crippen LogP contribution in [0.2, 0.25) is 0 Å². The van der Waals surface area contributed by atoms with Crippen LogP contribution in [0, 0.1) is 40.7 Å². The van der Waals surface area contributed by atoms with Crippen molar-refractivity contribution in [1.29, 1.82) is 0 Å². The zero-order valence-electron chi connectivity index (χ0n) is 21.7. The van der Waals surface area contributed by atoms with Crippen molar-refractivity contribution < 1.29 is 49.0 Å². The third-order valence-corrected chi connectivity index (χ3v) is 10.2. The highest BCUT2D eigenvalue weighted by Crippen LogP contribution is 2.57. The van der Waals surface area contributed by atoms with Crippen LogP contribution in [0.15, 0.2) is 22.9 Å². The van der Waals surface area contributed by atoms with Crippen LogP contribution in [0.1, 0.15) is 77.0 Å². The molecule has 3 saturated carbocycles. The van der Waals surface area contributed by atoms with Crippen molar-refractivity contribution in [2.24, 2.45) is 35.5 Å². The van der Waals surface area contributed by atoms with E-state index in [1.807, 2.05) is 0 Å². The molecule has 3 nitrogen and oxygen atoms in total. The fourth-order valence-electron chi connectivity index (χ4n) is 7.58. The van der Waals surface area contributed by atoms with Crippen LogP contribution in [-0.4, -0.2) is 24.1 Å². The van der Waals surface area contributed by atoms with Crippen LogP contribution >= 0.6 is 15.9 Å². The fourth-order valence-corrected chi connectivity index (χ4v) is 7.99. The van der Waals surface area contributed by atoms with Crippen LogP contribution in [0.4, 0.5) is 39.5 Å². The summed E-state index contributed by atoms with van der Waals surface area (Å²) >= 11 is 3.29. The normalized spacial score (nSPS) is 32.4. The Morgan fingerprint density at radius 2 is 0.900 bits per heavy atom. The second-order valence-corrected chi connectivity index (χ2v) is 12.6. The van der Waals surface area contributed by atoms with E-state index in [0.717, 1.165) is 0 Å². The monoisotopic (exact) mass is 653 g/mol. The first-order valence-electron chi connectivity index (χ1n) is 13.8. The van der Waals surface area contributed by atoms with E-state index < -0.39 is 59.6 Å². The number of pyridine rings is 1. The highest BCUT2D eigenvalue weighted by Gasteiger charge is 2.58. The lowest BCUT2D eigenvalue weighted by Gasteiger charge is -2.55. The molecule has 3 aliphatic rings. The van der Waals surface area contributed by atoms with Crippen LogP contribution < -0.4 is 9.47 Å². The first-order chi connectivity index (χ1) is 18.5. The van der Waals surface area contributed by atoms with E-state index in [-0.39, 0.29) is 87.3 Å². The molecule has 0 aromatic carbocycles. The summed E-state index contributed by atoms with van der Waals surface area (Å²) in [5.74, 6) is -5.78. The van der Waals surface area contributed by atoms with Gasteiger partial charge in [0, 0.05) is 6.07 Å². The quantitative estimate of drug-likeness (QED) is 0.180. The van der Waals surface area contributed by atoms with Gasteiger partial charge in [-0.2, -0.15) is 44.2 Å². The Balaban J connectivity index is 1.73. The predicted octanol–water partition coefficient (Wildman–Crippen LogP) is 9.31. The molecule has 0 aliphatic heterocycles. The molecule has 3 aliphatic carbocycles. The topological polar surface area (TPSA) is 36.2 Å². The summed E-state index contributed by atoms with van der Waals surface area (Å²) in [7, 11) is 0. The van der Waals surface area contributed by atoms with Crippen molar-refractivity contribution in [1.82, 2.24) is 0 Å². The van der Waals surface area contributed by atoms with Crippen LogP contribution in [0.25, 0.3) is 0 Å². The summed E-state index contributed by atoms with van der Waals surface area (Å²) in [4.78, 5) is 0. The maximum absolute atomic E-state index is 13.5. The van der Waals surface area contributed by atoms with Gasteiger partial charge in [-0.15, -0.1) is 0 Å². The smallest absolute Gasteiger partial charge is 0.391 e. The number of rotatable bonds is 5. The van der Waals surface area contributed by atoms with Gasteiger partial charge in [-0.25, -0.2) is 0 Å². The summed E-state index contributed by atoms with van der Waals surface area (Å²) < 4.78 is 129. The molecule has 1 heterocycles. The Kier molecular flexibility index (Phi) is 9.23. The summed E-state index contributed by atoms with van der Waals surface area (Å²) in [5, 5.41) is 11.8. The third-order valence-electron chi connectivity index (χ3n) is 9.62. The maximum atomic E-state index is 13.5. The van der Waals surface area contributed by atoms with E-state index in [9.17, 15) is 44.7 Å². The summed E-state index contributed by atoms with van der Waals surface area (Å²) in [6.07, 6.45) is -11.2. The van der Waals surface area contributed by atoms with E-state index in [1.54, 1.807) is 0 Å². The molecule has 40 heavy (non-hydrogen) atoms. The van der Waals surface area contributed by atoms with Crippen molar-refractivity contribution >= 4 is 15.9 Å². The maximum Gasteiger partial charge on any atom is 0.391 e. The van der Waals surface area contributed by atoms with Gasteiger partial charge in [0.2, 0.25) is 0 Å². The molecule has 1 aromatic rings. The predicted molar refractivity (Wildman–Crippen MR) is 131 cm³/mol. The van der Waals surface area contributed by atoms with Gasteiger partial charge in [-0.3, -0.25) is 0 Å². The highest BCUT2D eigenvalue weighted by molar-refractivity contribution is 9.10. The zero-order chi connectivity index (χ0) is 29.5. The number of nitrogens with zero attached hydrogens (tertiary/aromatic N) is 1. The van der Waals surface area contributed by atoms with Crippen molar-refractivity contribution in [2.75, 3.05) is 0 Å². The number of aromatic nitrogens is 1. The molecule has 0 atom stereocenters. The van der Waals surface area contributed by atoms with Crippen LogP contribution in [0.3, 0.4) is 0 Å². The second kappa shape index (κ2) is 11.7. The van der Waals surface area contributed by atoms with Gasteiger partial charge in [0.1, 0.15) is 15.8 Å². The summed E-state index contributed by atoms with van der Waals surface area (Å²) in [6, 6.07) is 1.38. The Morgan fingerprint density at radius 1 is 0.600 bits per heavy atom. The lowest BCUT2D eigenvalue weighted by molar-refractivity contribution is -0.606. The van der Waals surface area contributed by atoms with Gasteiger partial charge >= 0.3 is 18.5 Å². The fraction of sp³-hybridized carbons (Fsp3) is 0.815. The Hall–Kier alpha value is -1.40. The number of hydrogen-bond donors (Lipinski definition) is 0. The van der Waals surface area contributed by atoms with Crippen molar-refractivity contribution in [3.8, 4) is 5.75 Å². The lowest BCUT2D eigenvalue weighted by atomic mass is 9.56. The Bertz CT molecular complexity index is 906. The van der Waals surface area contributed by atoms with Crippen LogP contribution in [0.5, 0.6) is 5.75 Å². The Labute approximate surface area is 235 Å². The molecule has 0 amide bonds. The van der Waals surface area contributed by atoms with Gasteiger partial charge in [0.15, 0.2) is 12.4 Å². The molecule has 0 spiro atoms. The van der Waals surface area contributed by atoms with Gasteiger partial charge in [0.25, 0.3) is 0 Å². The molecule has 0 radical (unpaired) electrons. The van der Waals surface area contributed by atoms with Crippen LogP contribution in [-0.2, 0) is 0 Å². The largest absolute Gasteiger partial charge is 0.619 e. The summed E-state index contributed by atoms with van der Waals surface area (Å²) in [6.45, 7) is 0. The van der Waals surface area contributed by atoms with E-state index in [1.165, 1.54) is 18.5 Å². The van der Waals surface area contributed by atoms with Crippen molar-refractivity contribution in [3.63, 3.8) is 0 Å². The summed E-state index contributed by atoms with van der Waals surface area (Å²) in [5.41, 5.74) is -1.26. The average Bonchev–Trinajstić information content (AvgIpc) is 2.87. The minimum absolute atomic E-state index is 0.106. The molecule has 0 N–H and O–H groups in total. The lowest BCUT2D eigenvalue weighted by Crippen LogP contribution is -2.59. The molecule has 0 saturated heterocycles. The van der Waals surface area contributed by atoms with E-state index in [4.69, 9.17) is 4.74 Å². The van der Waals surface area contributed by atoms with Gasteiger partial charge < -0.3 is 9.94 Å². The molecular weight excluding hydrogens is 621 g/mol. The van der Waals surface area contributed by atoms with Gasteiger partial charge in [-0.1, -0.05) is 0 Å². The number of ether oxygens (including phenoxy) is 1. The average molecular weight is 654 g/mol.